The van der Waals surface area contributed by atoms with E-state index in [1.807, 2.05) is 6.92 Å². The Hall–Kier alpha value is -3.21. The Kier molecular flexibility index (Phi) is 5.44. The molecule has 0 spiro atoms. The van der Waals surface area contributed by atoms with Gasteiger partial charge in [-0.15, -0.1) is 4.89 Å². The summed E-state index contributed by atoms with van der Waals surface area (Å²) in [6.07, 6.45) is 1.61. The van der Waals surface area contributed by atoms with Crippen LogP contribution in [0.5, 0.6) is 28.7 Å². The van der Waals surface area contributed by atoms with Crippen molar-refractivity contribution in [1.82, 2.24) is 15.1 Å². The fourth-order valence-corrected chi connectivity index (χ4v) is 7.39. The van der Waals surface area contributed by atoms with Crippen molar-refractivity contribution >= 4 is 5.91 Å². The standard InChI is InChI=1S/C28H33N3O7/c1-13-6-16-7-17-10-31-19-8-18-22(20(31)9-29-15(3)32)28-26(34-11-35-28)14(2)25(18)38-37-12-36-27(24(13)33-5)21(16)23(19)30(17)4/h6,17,19-20,23H,7-12H2,1-5H3,(H,29,32). The molecule has 0 radical (unpaired) electrons. The average molecular weight is 524 g/mol. The van der Waals surface area contributed by atoms with E-state index >= 15 is 0 Å². The number of hydrogen-bond acceptors (Lipinski definition) is 9. The quantitative estimate of drug-likeness (QED) is 0.610. The summed E-state index contributed by atoms with van der Waals surface area (Å²) < 4.78 is 24.1. The molecular formula is C28H33N3O7. The van der Waals surface area contributed by atoms with Gasteiger partial charge in [0.1, 0.15) is 0 Å². The Labute approximate surface area is 221 Å². The number of nitrogens with zero attached hydrogens (tertiary/aromatic N) is 2. The second-order valence-electron chi connectivity index (χ2n) is 10.9. The lowest BCUT2D eigenvalue weighted by Crippen LogP contribution is -2.64. The first-order valence-corrected chi connectivity index (χ1v) is 13.2. The molecule has 4 atom stereocenters. The lowest BCUT2D eigenvalue weighted by Gasteiger charge is -2.58. The summed E-state index contributed by atoms with van der Waals surface area (Å²) in [5.41, 5.74) is 6.35. The Morgan fingerprint density at radius 2 is 1.87 bits per heavy atom. The predicted molar refractivity (Wildman–Crippen MR) is 136 cm³/mol. The Bertz CT molecular complexity index is 1340. The molecule has 5 heterocycles. The summed E-state index contributed by atoms with van der Waals surface area (Å²) in [7, 11) is 3.89. The third kappa shape index (κ3) is 3.26. The molecule has 0 aromatic heterocycles. The van der Waals surface area contributed by atoms with E-state index in [4.69, 9.17) is 28.7 Å². The van der Waals surface area contributed by atoms with Gasteiger partial charge in [-0.25, -0.2) is 0 Å². The SMILES string of the molecule is COc1c(C)cc2c3c1OCOOc1c(C)c4c(c5c1CC1C3N(C)C(C2)CN1C5CNC(C)=O)OCO4. The number of nitrogens with one attached hydrogen (secondary N) is 1. The number of methoxy groups -OCH3 is 1. The molecule has 2 aromatic rings. The van der Waals surface area contributed by atoms with Gasteiger partial charge in [0.05, 0.1) is 19.2 Å². The van der Waals surface area contributed by atoms with Gasteiger partial charge in [-0.2, -0.15) is 0 Å². The van der Waals surface area contributed by atoms with E-state index < -0.39 is 0 Å². The molecule has 1 fully saturated rings. The molecule has 7 rings (SSSR count). The maximum Gasteiger partial charge on any atom is 0.232 e. The molecular weight excluding hydrogens is 490 g/mol. The summed E-state index contributed by atoms with van der Waals surface area (Å²) in [4.78, 5) is 28.8. The van der Waals surface area contributed by atoms with Crippen molar-refractivity contribution < 1.29 is 33.5 Å². The summed E-state index contributed by atoms with van der Waals surface area (Å²) in [5, 5.41) is 3.08. The van der Waals surface area contributed by atoms with E-state index in [9.17, 15) is 4.79 Å². The molecule has 0 aliphatic carbocycles. The van der Waals surface area contributed by atoms with Crippen LogP contribution in [0.3, 0.4) is 0 Å². The number of fused-ring (bicyclic) bond motifs is 3. The largest absolute Gasteiger partial charge is 0.493 e. The van der Waals surface area contributed by atoms with E-state index in [1.54, 1.807) is 14.0 Å². The number of carbonyl (C=O) groups is 1. The van der Waals surface area contributed by atoms with Gasteiger partial charge >= 0.3 is 0 Å². The highest BCUT2D eigenvalue weighted by Gasteiger charge is 2.53. The van der Waals surface area contributed by atoms with Gasteiger partial charge in [-0.3, -0.25) is 14.6 Å². The van der Waals surface area contributed by atoms with Gasteiger partial charge < -0.3 is 29.2 Å². The molecule has 0 saturated carbocycles. The zero-order valence-corrected chi connectivity index (χ0v) is 22.4. The molecule has 38 heavy (non-hydrogen) atoms. The molecule has 1 N–H and O–H groups in total. The van der Waals surface area contributed by atoms with Crippen LogP contribution in [-0.4, -0.2) is 68.6 Å². The number of rotatable bonds is 3. The van der Waals surface area contributed by atoms with Crippen LogP contribution >= 0.6 is 0 Å². The molecule has 4 bridgehead atoms. The Morgan fingerprint density at radius 3 is 2.66 bits per heavy atom. The third-order valence-electron chi connectivity index (χ3n) is 8.95. The van der Waals surface area contributed by atoms with Crippen LogP contribution in [0.4, 0.5) is 0 Å². The van der Waals surface area contributed by atoms with Gasteiger partial charge in [0.2, 0.25) is 19.5 Å². The van der Waals surface area contributed by atoms with Crippen molar-refractivity contribution in [1.29, 1.82) is 0 Å². The van der Waals surface area contributed by atoms with Crippen LogP contribution in [0.2, 0.25) is 0 Å². The summed E-state index contributed by atoms with van der Waals surface area (Å²) in [6, 6.07) is 2.57. The van der Waals surface area contributed by atoms with Crippen molar-refractivity contribution in [3.63, 3.8) is 0 Å². The van der Waals surface area contributed by atoms with E-state index in [0.29, 0.717) is 29.8 Å². The van der Waals surface area contributed by atoms with Crippen LogP contribution in [0, 0.1) is 13.8 Å². The van der Waals surface area contributed by atoms with Gasteiger partial charge in [0, 0.05) is 54.4 Å². The van der Waals surface area contributed by atoms with Crippen molar-refractivity contribution in [2.24, 2.45) is 0 Å². The lowest BCUT2D eigenvalue weighted by atomic mass is 9.74. The average Bonchev–Trinajstić information content (AvgIpc) is 3.36. The first-order valence-electron chi connectivity index (χ1n) is 13.2. The van der Waals surface area contributed by atoms with Gasteiger partial charge in [-0.1, -0.05) is 6.07 Å². The fourth-order valence-electron chi connectivity index (χ4n) is 7.39. The summed E-state index contributed by atoms with van der Waals surface area (Å²) >= 11 is 0. The third-order valence-corrected chi connectivity index (χ3v) is 8.95. The van der Waals surface area contributed by atoms with Gasteiger partial charge in [0.25, 0.3) is 0 Å². The summed E-state index contributed by atoms with van der Waals surface area (Å²) in [5.74, 6) is 3.41. The van der Waals surface area contributed by atoms with Gasteiger partial charge in [-0.05, 0) is 44.9 Å². The Morgan fingerprint density at radius 1 is 1.08 bits per heavy atom. The number of hydrogen-bond donors (Lipinski definition) is 1. The molecule has 10 heteroatoms. The minimum Gasteiger partial charge on any atom is -0.493 e. The lowest BCUT2D eigenvalue weighted by molar-refractivity contribution is -0.247. The van der Waals surface area contributed by atoms with Crippen molar-refractivity contribution in [3.8, 4) is 28.7 Å². The summed E-state index contributed by atoms with van der Waals surface area (Å²) in [6.45, 7) is 6.93. The Balaban J connectivity index is 1.49. The van der Waals surface area contributed by atoms with E-state index in [-0.39, 0.29) is 37.6 Å². The van der Waals surface area contributed by atoms with Crippen LogP contribution in [-0.2, 0) is 22.5 Å². The van der Waals surface area contributed by atoms with Crippen LogP contribution in [0.1, 0.15) is 52.4 Å². The van der Waals surface area contributed by atoms with Crippen LogP contribution < -0.4 is 29.2 Å². The minimum absolute atomic E-state index is 0.0478. The number of carbonyl (C=O) groups excluding carboxylic acids is 1. The molecule has 1 amide bonds. The first kappa shape index (κ1) is 23.9. The first-order chi connectivity index (χ1) is 18.4. The topological polar surface area (TPSA) is 91.0 Å². The second kappa shape index (κ2) is 8.65. The predicted octanol–water partition coefficient (Wildman–Crippen LogP) is 2.72. The fraction of sp³-hybridized carbons (Fsp3) is 0.536. The maximum absolute atomic E-state index is 12.1. The molecule has 1 saturated heterocycles. The zero-order valence-electron chi connectivity index (χ0n) is 22.4. The van der Waals surface area contributed by atoms with Crippen LogP contribution in [0.25, 0.3) is 0 Å². The molecule has 2 aromatic carbocycles. The highest BCUT2D eigenvalue weighted by molar-refractivity contribution is 5.73. The number of amides is 1. The normalized spacial score (nSPS) is 26.8. The number of piperazine rings is 1. The monoisotopic (exact) mass is 523 g/mol. The van der Waals surface area contributed by atoms with Gasteiger partial charge in [0.15, 0.2) is 28.7 Å². The molecule has 4 unspecified atom stereocenters. The van der Waals surface area contributed by atoms with E-state index in [1.165, 1.54) is 5.56 Å². The molecule has 5 aliphatic rings. The number of likely N-dealkylation sites (N-methyl/N-ethyl adjacent to an activating group) is 1. The molecule has 5 aliphatic heterocycles. The van der Waals surface area contributed by atoms with Crippen LogP contribution in [0.15, 0.2) is 6.07 Å². The smallest absolute Gasteiger partial charge is 0.232 e. The number of benzene rings is 2. The van der Waals surface area contributed by atoms with Crippen molar-refractivity contribution in [2.75, 3.05) is 40.8 Å². The zero-order chi connectivity index (χ0) is 26.3. The van der Waals surface area contributed by atoms with Crippen molar-refractivity contribution in [2.45, 2.75) is 57.8 Å². The molecule has 202 valence electrons. The van der Waals surface area contributed by atoms with Crippen molar-refractivity contribution in [3.05, 3.63) is 39.4 Å². The van der Waals surface area contributed by atoms with E-state index in [2.05, 4.69) is 35.2 Å². The number of aryl methyl sites for hydroxylation is 1. The highest BCUT2D eigenvalue weighted by atomic mass is 17.2. The highest BCUT2D eigenvalue weighted by Crippen LogP contribution is 2.57. The second-order valence-corrected chi connectivity index (χ2v) is 10.9. The minimum atomic E-state index is -0.122. The maximum atomic E-state index is 12.1. The number of ether oxygens (including phenoxy) is 4. The molecule has 10 nitrogen and oxygen atoms in total. The van der Waals surface area contributed by atoms with E-state index in [0.717, 1.165) is 58.7 Å².